The van der Waals surface area contributed by atoms with E-state index in [0.29, 0.717) is 19.1 Å². The minimum Gasteiger partial charge on any atom is -0.497 e. The van der Waals surface area contributed by atoms with Gasteiger partial charge in [0.05, 0.1) is 26.8 Å². The van der Waals surface area contributed by atoms with Crippen LogP contribution in [0.4, 0.5) is 0 Å². The Balaban J connectivity index is 1.70. The summed E-state index contributed by atoms with van der Waals surface area (Å²) in [5.41, 5.74) is 2.24. The summed E-state index contributed by atoms with van der Waals surface area (Å²) in [6.45, 7) is 3.39. The number of guanidine groups is 1. The molecule has 0 bridgehead atoms. The second-order valence-corrected chi connectivity index (χ2v) is 7.54. The molecule has 0 saturated heterocycles. The number of nitrogens with one attached hydrogen (secondary N) is 2. The van der Waals surface area contributed by atoms with E-state index >= 15 is 0 Å². The number of benzene rings is 2. The Kier molecular flexibility index (Phi) is 7.17. The van der Waals surface area contributed by atoms with Gasteiger partial charge in [-0.05, 0) is 30.7 Å². The number of likely N-dealkylation sites (N-methyl/N-ethyl adjacent to an activating group) is 1. The second-order valence-electron chi connectivity index (χ2n) is 7.54. The van der Waals surface area contributed by atoms with Crippen molar-refractivity contribution in [1.29, 1.82) is 0 Å². The quantitative estimate of drug-likeness (QED) is 0.542. The fraction of sp³-hybridized carbons (Fsp3) is 0.391. The smallest absolute Gasteiger partial charge is 0.241 e. The molecule has 1 heterocycles. The van der Waals surface area contributed by atoms with Gasteiger partial charge in [-0.2, -0.15) is 0 Å². The van der Waals surface area contributed by atoms with E-state index < -0.39 is 0 Å². The summed E-state index contributed by atoms with van der Waals surface area (Å²) in [4.78, 5) is 18.3. The largest absolute Gasteiger partial charge is 0.497 e. The number of para-hydroxylation sites is 1. The van der Waals surface area contributed by atoms with Crippen LogP contribution in [0.15, 0.2) is 53.5 Å². The van der Waals surface area contributed by atoms with Gasteiger partial charge in [0, 0.05) is 31.6 Å². The first-order chi connectivity index (χ1) is 14.5. The first kappa shape index (κ1) is 21.5. The molecule has 2 aromatic carbocycles. The molecule has 0 fully saturated rings. The number of amides is 1. The molecule has 1 amide bonds. The van der Waals surface area contributed by atoms with Crippen LogP contribution in [0.5, 0.6) is 11.5 Å². The fourth-order valence-electron chi connectivity index (χ4n) is 3.29. The molecule has 1 aliphatic heterocycles. The molecule has 30 heavy (non-hydrogen) atoms. The van der Waals surface area contributed by atoms with Gasteiger partial charge < -0.3 is 25.0 Å². The van der Waals surface area contributed by atoms with Crippen LogP contribution in [-0.4, -0.2) is 57.2 Å². The number of nitrogens with zero attached hydrogens (tertiary/aromatic N) is 2. The first-order valence-corrected chi connectivity index (χ1v) is 10.1. The second kappa shape index (κ2) is 10.0. The average molecular weight is 411 g/mol. The van der Waals surface area contributed by atoms with E-state index in [1.54, 1.807) is 26.1 Å². The van der Waals surface area contributed by atoms with Crippen LogP contribution in [0.1, 0.15) is 24.0 Å². The molecular weight excluding hydrogens is 380 g/mol. The number of carbonyl (C=O) groups is 1. The molecule has 7 nitrogen and oxygen atoms in total. The van der Waals surface area contributed by atoms with Gasteiger partial charge in [-0.1, -0.05) is 30.3 Å². The van der Waals surface area contributed by atoms with Crippen LogP contribution >= 0.6 is 0 Å². The van der Waals surface area contributed by atoms with E-state index in [9.17, 15) is 4.79 Å². The lowest BCUT2D eigenvalue weighted by Crippen LogP contribution is -2.47. The lowest BCUT2D eigenvalue weighted by atomic mass is 9.94. The summed E-state index contributed by atoms with van der Waals surface area (Å²) in [7, 11) is 5.12. The number of aliphatic imine (C=N–C) groups is 1. The Labute approximate surface area is 178 Å². The van der Waals surface area contributed by atoms with Crippen LogP contribution in [-0.2, 0) is 11.3 Å². The average Bonchev–Trinajstić information content (AvgIpc) is 3.20. The number of carbonyl (C=O) groups excluding carboxylic acids is 1. The number of ether oxygens (including phenoxy) is 2. The Morgan fingerprint density at radius 2 is 1.97 bits per heavy atom. The number of hydrogen-bond donors (Lipinski definition) is 2. The van der Waals surface area contributed by atoms with Gasteiger partial charge in [0.2, 0.25) is 5.91 Å². The van der Waals surface area contributed by atoms with Crippen molar-refractivity contribution in [3.05, 3.63) is 59.7 Å². The third kappa shape index (κ3) is 5.43. The van der Waals surface area contributed by atoms with Crippen LogP contribution in [0, 0.1) is 0 Å². The summed E-state index contributed by atoms with van der Waals surface area (Å²) in [6, 6.07) is 16.0. The zero-order valence-corrected chi connectivity index (χ0v) is 18.0. The van der Waals surface area contributed by atoms with Gasteiger partial charge in [-0.25, -0.2) is 4.99 Å². The van der Waals surface area contributed by atoms with E-state index in [2.05, 4.69) is 23.6 Å². The molecule has 0 radical (unpaired) electrons. The molecule has 0 aliphatic carbocycles. The Morgan fingerprint density at radius 1 is 1.23 bits per heavy atom. The summed E-state index contributed by atoms with van der Waals surface area (Å²) < 4.78 is 11.0. The van der Waals surface area contributed by atoms with E-state index in [0.717, 1.165) is 17.1 Å². The third-order valence-electron chi connectivity index (χ3n) is 5.19. The highest BCUT2D eigenvalue weighted by Gasteiger charge is 2.29. The minimum absolute atomic E-state index is 0.0175. The van der Waals surface area contributed by atoms with E-state index in [4.69, 9.17) is 14.5 Å². The van der Waals surface area contributed by atoms with Gasteiger partial charge >= 0.3 is 0 Å². The Morgan fingerprint density at radius 3 is 2.67 bits per heavy atom. The van der Waals surface area contributed by atoms with E-state index in [1.165, 1.54) is 5.56 Å². The van der Waals surface area contributed by atoms with Crippen molar-refractivity contribution >= 4 is 11.9 Å². The number of rotatable bonds is 7. The van der Waals surface area contributed by atoms with Crippen molar-refractivity contribution in [2.24, 2.45) is 4.99 Å². The molecule has 1 aliphatic rings. The van der Waals surface area contributed by atoms with Crippen molar-refractivity contribution < 1.29 is 14.3 Å². The third-order valence-corrected chi connectivity index (χ3v) is 5.19. The highest BCUT2D eigenvalue weighted by atomic mass is 16.5. The summed E-state index contributed by atoms with van der Waals surface area (Å²) in [5, 5.41) is 6.60. The lowest BCUT2D eigenvalue weighted by molar-refractivity contribution is -0.127. The highest BCUT2D eigenvalue weighted by Crippen LogP contribution is 2.35. The zero-order valence-electron chi connectivity index (χ0n) is 18.0. The van der Waals surface area contributed by atoms with Crippen LogP contribution in [0.2, 0.25) is 0 Å². The minimum atomic E-state index is -0.0175. The molecule has 160 valence electrons. The monoisotopic (exact) mass is 410 g/mol. The molecule has 0 spiro atoms. The maximum atomic E-state index is 12.0. The SMILES string of the molecule is COc1ccc(CN=C(NCC(=O)N(C)C)NC(C)C2COc3ccccc32)cc1. The van der Waals surface area contributed by atoms with Gasteiger partial charge in [0.25, 0.3) is 0 Å². The molecule has 2 unspecified atom stereocenters. The maximum absolute atomic E-state index is 12.0. The molecule has 2 aromatic rings. The first-order valence-electron chi connectivity index (χ1n) is 10.1. The predicted octanol–water partition coefficient (Wildman–Crippen LogP) is 2.38. The predicted molar refractivity (Wildman–Crippen MR) is 118 cm³/mol. The van der Waals surface area contributed by atoms with Crippen LogP contribution in [0.25, 0.3) is 0 Å². The molecule has 2 N–H and O–H groups in total. The molecule has 7 heteroatoms. The number of fused-ring (bicyclic) bond motifs is 1. The standard InChI is InChI=1S/C23H30N4O3/c1-16(20-15-30-21-8-6-5-7-19(20)21)26-23(25-14-22(28)27(2)3)24-13-17-9-11-18(29-4)12-10-17/h5-12,16,20H,13-15H2,1-4H3,(H2,24,25,26). The number of hydrogen-bond acceptors (Lipinski definition) is 4. The summed E-state index contributed by atoms with van der Waals surface area (Å²) in [5.74, 6) is 2.53. The van der Waals surface area contributed by atoms with Gasteiger partial charge in [-0.15, -0.1) is 0 Å². The van der Waals surface area contributed by atoms with E-state index in [1.807, 2.05) is 42.5 Å². The summed E-state index contributed by atoms with van der Waals surface area (Å²) in [6.07, 6.45) is 0. The molecule has 0 aromatic heterocycles. The summed E-state index contributed by atoms with van der Waals surface area (Å²) >= 11 is 0. The molecule has 0 saturated carbocycles. The van der Waals surface area contributed by atoms with Crippen molar-refractivity contribution in [1.82, 2.24) is 15.5 Å². The highest BCUT2D eigenvalue weighted by molar-refractivity contribution is 5.86. The topological polar surface area (TPSA) is 75.2 Å². The fourth-order valence-corrected chi connectivity index (χ4v) is 3.29. The van der Waals surface area contributed by atoms with Crippen molar-refractivity contribution in [3.8, 4) is 11.5 Å². The Bertz CT molecular complexity index is 880. The molecular formula is C23H30N4O3. The normalized spacial score (nSPS) is 16.3. The van der Waals surface area contributed by atoms with Crippen LogP contribution < -0.4 is 20.1 Å². The maximum Gasteiger partial charge on any atom is 0.241 e. The van der Waals surface area contributed by atoms with E-state index in [-0.39, 0.29) is 24.4 Å². The van der Waals surface area contributed by atoms with Crippen molar-refractivity contribution in [2.75, 3.05) is 34.4 Å². The Hall–Kier alpha value is -3.22. The van der Waals surface area contributed by atoms with Crippen molar-refractivity contribution in [2.45, 2.75) is 25.4 Å². The van der Waals surface area contributed by atoms with Crippen LogP contribution in [0.3, 0.4) is 0 Å². The molecule has 3 rings (SSSR count). The van der Waals surface area contributed by atoms with Gasteiger partial charge in [0.15, 0.2) is 5.96 Å². The van der Waals surface area contributed by atoms with Gasteiger partial charge in [0.1, 0.15) is 11.5 Å². The van der Waals surface area contributed by atoms with Gasteiger partial charge in [-0.3, -0.25) is 4.79 Å². The molecule has 2 atom stereocenters. The van der Waals surface area contributed by atoms with Crippen molar-refractivity contribution in [3.63, 3.8) is 0 Å². The lowest BCUT2D eigenvalue weighted by Gasteiger charge is -2.23. The number of methoxy groups -OCH3 is 1. The zero-order chi connectivity index (χ0) is 21.5.